The Kier molecular flexibility index (Phi) is 3.62. The van der Waals surface area contributed by atoms with E-state index in [-0.39, 0.29) is 0 Å². The molecule has 2 nitrogen and oxygen atoms in total. The van der Waals surface area contributed by atoms with Crippen LogP contribution in [0.25, 0.3) is 0 Å². The lowest BCUT2D eigenvalue weighted by Crippen LogP contribution is -2.23. The first-order chi connectivity index (χ1) is 6.27. The minimum absolute atomic E-state index is 0.616. The van der Waals surface area contributed by atoms with Gasteiger partial charge in [0.15, 0.2) is 0 Å². The van der Waals surface area contributed by atoms with Gasteiger partial charge in [0.05, 0.1) is 11.4 Å². The molecule has 0 aromatic heterocycles. The van der Waals surface area contributed by atoms with Crippen LogP contribution in [0.4, 0.5) is 0 Å². The van der Waals surface area contributed by atoms with Crippen LogP contribution in [0.3, 0.4) is 0 Å². The van der Waals surface area contributed by atoms with Crippen LogP contribution in [-0.4, -0.2) is 6.54 Å². The molecule has 0 radical (unpaired) electrons. The molecule has 2 N–H and O–H groups in total. The first kappa shape index (κ1) is 9.90. The molecular weight excluding hydrogens is 160 g/mol. The standard InChI is InChI=1S/C11H18N2/c1-4-12-10-7-6-9(3)8-11(10)13-5-2/h5,7-9,12-13H,2,4,6H2,1,3H3. The molecule has 0 heterocycles. The molecule has 1 rings (SSSR count). The second kappa shape index (κ2) is 4.75. The summed E-state index contributed by atoms with van der Waals surface area (Å²) in [6.45, 7) is 8.94. The smallest absolute Gasteiger partial charge is 0.0574 e. The summed E-state index contributed by atoms with van der Waals surface area (Å²) in [7, 11) is 0. The Bertz CT molecular complexity index is 238. The van der Waals surface area contributed by atoms with Crippen molar-refractivity contribution in [2.45, 2.75) is 20.3 Å². The van der Waals surface area contributed by atoms with Crippen LogP contribution in [-0.2, 0) is 0 Å². The summed E-state index contributed by atoms with van der Waals surface area (Å²) >= 11 is 0. The largest absolute Gasteiger partial charge is 0.384 e. The number of nitrogens with one attached hydrogen (secondary N) is 2. The molecule has 2 heteroatoms. The zero-order valence-electron chi connectivity index (χ0n) is 8.43. The molecule has 0 amide bonds. The minimum Gasteiger partial charge on any atom is -0.384 e. The Labute approximate surface area is 80.4 Å². The summed E-state index contributed by atoms with van der Waals surface area (Å²) in [5, 5.41) is 6.47. The zero-order valence-corrected chi connectivity index (χ0v) is 8.43. The molecule has 13 heavy (non-hydrogen) atoms. The van der Waals surface area contributed by atoms with Crippen molar-refractivity contribution in [3.8, 4) is 0 Å². The van der Waals surface area contributed by atoms with E-state index in [1.165, 1.54) is 5.70 Å². The number of hydrogen-bond acceptors (Lipinski definition) is 2. The van der Waals surface area contributed by atoms with Gasteiger partial charge < -0.3 is 10.6 Å². The van der Waals surface area contributed by atoms with Crippen LogP contribution in [0.2, 0.25) is 0 Å². The predicted octanol–water partition coefficient (Wildman–Crippen LogP) is 2.14. The average molecular weight is 178 g/mol. The lowest BCUT2D eigenvalue weighted by Gasteiger charge is -2.20. The van der Waals surface area contributed by atoms with Crippen molar-refractivity contribution in [2.75, 3.05) is 6.54 Å². The molecule has 0 fully saturated rings. The Hall–Kier alpha value is -1.18. The van der Waals surface area contributed by atoms with E-state index in [4.69, 9.17) is 0 Å². The number of rotatable bonds is 4. The fourth-order valence-electron chi connectivity index (χ4n) is 1.45. The zero-order chi connectivity index (χ0) is 9.68. The van der Waals surface area contributed by atoms with E-state index < -0.39 is 0 Å². The first-order valence-electron chi connectivity index (χ1n) is 4.81. The molecule has 0 aromatic rings. The maximum absolute atomic E-state index is 3.67. The summed E-state index contributed by atoms with van der Waals surface area (Å²) < 4.78 is 0. The third kappa shape index (κ3) is 2.65. The summed E-state index contributed by atoms with van der Waals surface area (Å²) in [5.74, 6) is 0.616. The van der Waals surface area contributed by atoms with Crippen LogP contribution in [0.5, 0.6) is 0 Å². The molecule has 72 valence electrons. The van der Waals surface area contributed by atoms with E-state index in [0.717, 1.165) is 18.7 Å². The molecule has 0 bridgehead atoms. The van der Waals surface area contributed by atoms with Gasteiger partial charge in [-0.25, -0.2) is 0 Å². The predicted molar refractivity (Wildman–Crippen MR) is 57.0 cm³/mol. The van der Waals surface area contributed by atoms with Gasteiger partial charge in [-0.1, -0.05) is 25.7 Å². The number of hydrogen-bond donors (Lipinski definition) is 2. The maximum atomic E-state index is 3.67. The van der Waals surface area contributed by atoms with Crippen LogP contribution in [0.15, 0.2) is 36.3 Å². The highest BCUT2D eigenvalue weighted by Gasteiger charge is 2.10. The van der Waals surface area contributed by atoms with Crippen molar-refractivity contribution in [3.05, 3.63) is 36.3 Å². The van der Waals surface area contributed by atoms with Crippen LogP contribution < -0.4 is 10.6 Å². The fraction of sp³-hybridized carbons (Fsp3) is 0.455. The van der Waals surface area contributed by atoms with Crippen molar-refractivity contribution >= 4 is 0 Å². The maximum Gasteiger partial charge on any atom is 0.0574 e. The molecular formula is C11H18N2. The van der Waals surface area contributed by atoms with Gasteiger partial charge >= 0.3 is 0 Å². The van der Waals surface area contributed by atoms with Gasteiger partial charge in [-0.05, 0) is 25.5 Å². The Morgan fingerprint density at radius 2 is 2.38 bits per heavy atom. The number of likely N-dealkylation sites (N-methyl/N-ethyl adjacent to an activating group) is 1. The first-order valence-corrected chi connectivity index (χ1v) is 4.81. The molecule has 0 aliphatic heterocycles. The van der Waals surface area contributed by atoms with E-state index in [0.29, 0.717) is 5.92 Å². The lowest BCUT2D eigenvalue weighted by atomic mass is 9.99. The minimum atomic E-state index is 0.616. The molecule has 1 aliphatic carbocycles. The SMILES string of the molecule is C=CNC1=CC(C)CC=C1NCC. The Morgan fingerprint density at radius 1 is 1.62 bits per heavy atom. The third-order valence-corrected chi connectivity index (χ3v) is 2.06. The molecule has 0 spiro atoms. The normalized spacial score (nSPS) is 21.5. The molecule has 1 unspecified atom stereocenters. The van der Waals surface area contributed by atoms with Gasteiger partial charge in [0.25, 0.3) is 0 Å². The van der Waals surface area contributed by atoms with Crippen molar-refractivity contribution in [2.24, 2.45) is 5.92 Å². The van der Waals surface area contributed by atoms with Crippen LogP contribution in [0, 0.1) is 5.92 Å². The van der Waals surface area contributed by atoms with Gasteiger partial charge in [-0.15, -0.1) is 0 Å². The Morgan fingerprint density at radius 3 is 3.00 bits per heavy atom. The fourth-order valence-corrected chi connectivity index (χ4v) is 1.45. The van der Waals surface area contributed by atoms with Gasteiger partial charge in [0.2, 0.25) is 0 Å². The van der Waals surface area contributed by atoms with Crippen LogP contribution >= 0.6 is 0 Å². The highest BCUT2D eigenvalue weighted by molar-refractivity contribution is 5.32. The van der Waals surface area contributed by atoms with E-state index in [1.54, 1.807) is 6.20 Å². The molecule has 0 aromatic carbocycles. The highest BCUT2D eigenvalue weighted by atomic mass is 15.0. The molecule has 0 saturated heterocycles. The summed E-state index contributed by atoms with van der Waals surface area (Å²) in [6.07, 6.45) is 7.30. The highest BCUT2D eigenvalue weighted by Crippen LogP contribution is 2.18. The second-order valence-corrected chi connectivity index (χ2v) is 3.29. The van der Waals surface area contributed by atoms with E-state index in [9.17, 15) is 0 Å². The monoisotopic (exact) mass is 178 g/mol. The lowest BCUT2D eigenvalue weighted by molar-refractivity contribution is 0.689. The van der Waals surface area contributed by atoms with Crippen molar-refractivity contribution in [1.29, 1.82) is 0 Å². The molecule has 0 saturated carbocycles. The van der Waals surface area contributed by atoms with E-state index in [2.05, 4.69) is 43.2 Å². The quantitative estimate of drug-likeness (QED) is 0.689. The van der Waals surface area contributed by atoms with Crippen molar-refractivity contribution in [3.63, 3.8) is 0 Å². The second-order valence-electron chi connectivity index (χ2n) is 3.29. The van der Waals surface area contributed by atoms with Crippen molar-refractivity contribution in [1.82, 2.24) is 10.6 Å². The van der Waals surface area contributed by atoms with Gasteiger partial charge in [0.1, 0.15) is 0 Å². The van der Waals surface area contributed by atoms with Crippen molar-refractivity contribution < 1.29 is 0 Å². The van der Waals surface area contributed by atoms with E-state index >= 15 is 0 Å². The van der Waals surface area contributed by atoms with E-state index in [1.807, 2.05) is 0 Å². The van der Waals surface area contributed by atoms with Gasteiger partial charge in [0, 0.05) is 6.54 Å². The van der Waals surface area contributed by atoms with Gasteiger partial charge in [-0.3, -0.25) is 0 Å². The topological polar surface area (TPSA) is 24.1 Å². The molecule has 1 aliphatic rings. The summed E-state index contributed by atoms with van der Waals surface area (Å²) in [6, 6.07) is 0. The van der Waals surface area contributed by atoms with Gasteiger partial charge in [-0.2, -0.15) is 0 Å². The van der Waals surface area contributed by atoms with Crippen LogP contribution in [0.1, 0.15) is 20.3 Å². The summed E-state index contributed by atoms with van der Waals surface area (Å²) in [4.78, 5) is 0. The Balaban J connectivity index is 2.70. The number of allylic oxidation sites excluding steroid dienone is 2. The average Bonchev–Trinajstić information content (AvgIpc) is 2.10. The summed E-state index contributed by atoms with van der Waals surface area (Å²) in [5.41, 5.74) is 2.34. The third-order valence-electron chi connectivity index (χ3n) is 2.06. The molecule has 1 atom stereocenters.